The summed E-state index contributed by atoms with van der Waals surface area (Å²) in [7, 11) is 1.72. The molecule has 0 aromatic carbocycles. The maximum Gasteiger partial charge on any atom is 0.249 e. The SMILES string of the molecule is CCCCCN1CC=C[C@]23O[C@]4(C)C=CCN(C)C(=O)[C@@H]4[C@H]2C(=O)N(CCO)C3C1=O. The molecule has 0 aliphatic carbocycles. The third kappa shape index (κ3) is 3.22. The number of carbonyl (C=O) groups is 3. The molecule has 0 aromatic heterocycles. The first kappa shape index (κ1) is 22.0. The van der Waals surface area contributed by atoms with Crippen molar-refractivity contribution in [3.63, 3.8) is 0 Å². The zero-order valence-corrected chi connectivity index (χ0v) is 18.6. The Kier molecular flexibility index (Phi) is 5.72. The average Bonchev–Trinajstić information content (AvgIpc) is 3.00. The van der Waals surface area contributed by atoms with Crippen LogP contribution in [0.25, 0.3) is 0 Å². The van der Waals surface area contributed by atoms with Gasteiger partial charge in [0.25, 0.3) is 0 Å². The molecule has 4 aliphatic rings. The highest BCUT2D eigenvalue weighted by Crippen LogP contribution is 2.57. The van der Waals surface area contributed by atoms with Gasteiger partial charge in [0.1, 0.15) is 11.6 Å². The molecule has 170 valence electrons. The smallest absolute Gasteiger partial charge is 0.249 e. The van der Waals surface area contributed by atoms with Crippen molar-refractivity contribution in [1.82, 2.24) is 14.7 Å². The maximum atomic E-state index is 13.7. The zero-order valence-electron chi connectivity index (χ0n) is 18.6. The van der Waals surface area contributed by atoms with Gasteiger partial charge in [-0.25, -0.2) is 0 Å². The van der Waals surface area contributed by atoms with Crippen LogP contribution in [0, 0.1) is 11.8 Å². The molecule has 2 fully saturated rings. The summed E-state index contributed by atoms with van der Waals surface area (Å²) in [6, 6.07) is -0.882. The molecule has 1 spiro atoms. The van der Waals surface area contributed by atoms with Crippen LogP contribution in [0.5, 0.6) is 0 Å². The van der Waals surface area contributed by atoms with Gasteiger partial charge in [0, 0.05) is 33.2 Å². The number of likely N-dealkylation sites (N-methyl/N-ethyl adjacent to an activating group) is 1. The van der Waals surface area contributed by atoms with Gasteiger partial charge in [-0.3, -0.25) is 14.4 Å². The lowest BCUT2D eigenvalue weighted by atomic mass is 9.74. The van der Waals surface area contributed by atoms with E-state index in [2.05, 4.69) is 6.92 Å². The first-order valence-electron chi connectivity index (χ1n) is 11.3. The van der Waals surface area contributed by atoms with E-state index < -0.39 is 29.1 Å². The topological polar surface area (TPSA) is 90.4 Å². The van der Waals surface area contributed by atoms with Crippen LogP contribution in [-0.4, -0.2) is 94.6 Å². The molecule has 0 saturated carbocycles. The molecule has 5 atom stereocenters. The molecular formula is C23H33N3O5. The first-order chi connectivity index (χ1) is 14.8. The Balaban J connectivity index is 1.79. The average molecular weight is 432 g/mol. The highest BCUT2D eigenvalue weighted by molar-refractivity contribution is 6.00. The standard InChI is InChI=1S/C23H33N3O5/c1-4-5-6-12-25-13-8-10-23-17(20(29)26(14-15-27)18(23)21(25)30)16-19(28)24(3)11-7-9-22(16,2)31-23/h7-10,16-18,27H,4-6,11-15H2,1-3H3/t16-,17-,18?,22+,23-/m0/s1. The molecular weight excluding hydrogens is 398 g/mol. The Labute approximate surface area is 183 Å². The number of rotatable bonds is 6. The maximum absolute atomic E-state index is 13.7. The molecule has 4 heterocycles. The van der Waals surface area contributed by atoms with E-state index in [4.69, 9.17) is 4.74 Å². The molecule has 0 aromatic rings. The van der Waals surface area contributed by atoms with Crippen LogP contribution < -0.4 is 0 Å². The monoisotopic (exact) mass is 431 g/mol. The lowest BCUT2D eigenvalue weighted by Gasteiger charge is -2.37. The lowest BCUT2D eigenvalue weighted by Crippen LogP contribution is -2.56. The Bertz CT molecular complexity index is 826. The Morgan fingerprint density at radius 3 is 2.48 bits per heavy atom. The van der Waals surface area contributed by atoms with Crippen molar-refractivity contribution in [2.45, 2.75) is 50.4 Å². The highest BCUT2D eigenvalue weighted by atomic mass is 16.5. The van der Waals surface area contributed by atoms with Crippen LogP contribution in [-0.2, 0) is 19.1 Å². The number of hydrogen-bond donors (Lipinski definition) is 1. The van der Waals surface area contributed by atoms with E-state index in [0.29, 0.717) is 19.6 Å². The lowest BCUT2D eigenvalue weighted by molar-refractivity contribution is -0.152. The summed E-state index contributed by atoms with van der Waals surface area (Å²) in [5, 5.41) is 9.65. The van der Waals surface area contributed by atoms with Crippen molar-refractivity contribution in [2.24, 2.45) is 11.8 Å². The van der Waals surface area contributed by atoms with E-state index in [1.165, 1.54) is 4.90 Å². The number of nitrogens with zero attached hydrogens (tertiary/aromatic N) is 3. The number of β-amino-alcohol motifs (C(OH)–C–C–N with tert-alkyl or cyclic N) is 1. The number of aliphatic hydroxyl groups excluding tert-OH is 1. The van der Waals surface area contributed by atoms with Gasteiger partial charge < -0.3 is 24.5 Å². The number of fused-ring (bicyclic) bond motifs is 2. The second-order valence-corrected chi connectivity index (χ2v) is 9.27. The second-order valence-electron chi connectivity index (χ2n) is 9.27. The summed E-state index contributed by atoms with van der Waals surface area (Å²) < 4.78 is 6.63. The fourth-order valence-electron chi connectivity index (χ4n) is 5.79. The van der Waals surface area contributed by atoms with Gasteiger partial charge in [-0.05, 0) is 13.3 Å². The van der Waals surface area contributed by atoms with E-state index in [0.717, 1.165) is 19.3 Å². The molecule has 3 amide bonds. The normalized spacial score (nSPS) is 37.1. The molecule has 31 heavy (non-hydrogen) atoms. The van der Waals surface area contributed by atoms with Crippen molar-refractivity contribution < 1.29 is 24.2 Å². The number of hydrogen-bond acceptors (Lipinski definition) is 5. The van der Waals surface area contributed by atoms with Crippen LogP contribution in [0.1, 0.15) is 33.1 Å². The van der Waals surface area contributed by atoms with Gasteiger partial charge in [0.15, 0.2) is 0 Å². The fraction of sp³-hybridized carbons (Fsp3) is 0.696. The summed E-state index contributed by atoms with van der Waals surface area (Å²) in [6.07, 6.45) is 10.5. The summed E-state index contributed by atoms with van der Waals surface area (Å²) >= 11 is 0. The number of amides is 3. The largest absolute Gasteiger partial charge is 0.395 e. The minimum Gasteiger partial charge on any atom is -0.395 e. The predicted octanol–water partition coefficient (Wildman–Crippen LogP) is 0.566. The van der Waals surface area contributed by atoms with E-state index in [-0.39, 0.29) is 30.9 Å². The van der Waals surface area contributed by atoms with Crippen LogP contribution in [0.2, 0.25) is 0 Å². The van der Waals surface area contributed by atoms with Crippen molar-refractivity contribution in [1.29, 1.82) is 0 Å². The van der Waals surface area contributed by atoms with Crippen LogP contribution in [0.15, 0.2) is 24.3 Å². The van der Waals surface area contributed by atoms with Gasteiger partial charge in [-0.2, -0.15) is 0 Å². The number of aliphatic hydroxyl groups is 1. The van der Waals surface area contributed by atoms with Gasteiger partial charge in [-0.15, -0.1) is 0 Å². The minimum absolute atomic E-state index is 0.0385. The van der Waals surface area contributed by atoms with E-state index in [1.807, 2.05) is 31.2 Å². The van der Waals surface area contributed by atoms with Gasteiger partial charge >= 0.3 is 0 Å². The fourth-order valence-corrected chi connectivity index (χ4v) is 5.79. The number of carbonyl (C=O) groups excluding carboxylic acids is 3. The van der Waals surface area contributed by atoms with Crippen molar-refractivity contribution in [3.05, 3.63) is 24.3 Å². The van der Waals surface area contributed by atoms with E-state index in [1.54, 1.807) is 16.8 Å². The molecule has 4 rings (SSSR count). The first-order valence-corrected chi connectivity index (χ1v) is 11.3. The molecule has 0 bridgehead atoms. The molecule has 8 heteroatoms. The summed E-state index contributed by atoms with van der Waals surface area (Å²) in [6.45, 7) is 5.24. The van der Waals surface area contributed by atoms with E-state index in [9.17, 15) is 19.5 Å². The molecule has 1 N–H and O–H groups in total. The van der Waals surface area contributed by atoms with E-state index >= 15 is 0 Å². The van der Waals surface area contributed by atoms with Gasteiger partial charge in [0.05, 0.1) is 24.0 Å². The van der Waals surface area contributed by atoms with Gasteiger partial charge in [0.2, 0.25) is 17.7 Å². The van der Waals surface area contributed by atoms with Crippen LogP contribution in [0.3, 0.4) is 0 Å². The highest BCUT2D eigenvalue weighted by Gasteiger charge is 2.74. The molecule has 0 radical (unpaired) electrons. The summed E-state index contributed by atoms with van der Waals surface area (Å²) in [5.41, 5.74) is -2.20. The van der Waals surface area contributed by atoms with Crippen LogP contribution >= 0.6 is 0 Å². The Morgan fingerprint density at radius 1 is 1.03 bits per heavy atom. The second kappa shape index (κ2) is 8.06. The third-order valence-electron chi connectivity index (χ3n) is 7.21. The molecule has 1 unspecified atom stereocenters. The minimum atomic E-state index is -1.22. The number of unbranched alkanes of at least 4 members (excludes halogenated alkanes) is 2. The predicted molar refractivity (Wildman–Crippen MR) is 114 cm³/mol. The molecule has 2 saturated heterocycles. The quantitative estimate of drug-likeness (QED) is 0.490. The van der Waals surface area contributed by atoms with Crippen LogP contribution in [0.4, 0.5) is 0 Å². The Morgan fingerprint density at radius 2 is 1.77 bits per heavy atom. The van der Waals surface area contributed by atoms with Gasteiger partial charge in [-0.1, -0.05) is 44.1 Å². The summed E-state index contributed by atoms with van der Waals surface area (Å²) in [5.74, 6) is -2.15. The molecule has 4 aliphatic heterocycles. The van der Waals surface area contributed by atoms with Crippen molar-refractivity contribution >= 4 is 17.7 Å². The molecule has 8 nitrogen and oxygen atoms in total. The van der Waals surface area contributed by atoms with Crippen molar-refractivity contribution in [3.8, 4) is 0 Å². The zero-order chi connectivity index (χ0) is 22.4. The van der Waals surface area contributed by atoms with Crippen molar-refractivity contribution in [2.75, 3.05) is 39.8 Å². The number of ether oxygens (including phenoxy) is 1. The summed E-state index contributed by atoms with van der Waals surface area (Å²) in [4.78, 5) is 45.5. The third-order valence-corrected chi connectivity index (χ3v) is 7.21. The number of likely N-dealkylation sites (tertiary alicyclic amines) is 1. The Hall–Kier alpha value is -2.19.